The Morgan fingerprint density at radius 2 is 1.59 bits per heavy atom. The van der Waals surface area contributed by atoms with Gasteiger partial charge >= 0.3 is 0 Å². The van der Waals surface area contributed by atoms with Crippen LogP contribution in [-0.2, 0) is 0 Å². The van der Waals surface area contributed by atoms with E-state index in [1.807, 2.05) is 61.5 Å². The molecule has 3 rings (SSSR count). The lowest BCUT2D eigenvalue weighted by Gasteiger charge is -2.08. The number of nitro groups is 1. The van der Waals surface area contributed by atoms with Gasteiger partial charge < -0.3 is 0 Å². The Bertz CT molecular complexity index is 1030. The average molecular weight is 379 g/mol. The Morgan fingerprint density at radius 1 is 0.963 bits per heavy atom. The van der Waals surface area contributed by atoms with E-state index in [1.54, 1.807) is 0 Å². The Labute approximate surface area is 161 Å². The number of rotatable bonds is 4. The second-order valence-corrected chi connectivity index (χ2v) is 6.33. The summed E-state index contributed by atoms with van der Waals surface area (Å²) in [4.78, 5) is 27.4. The molecule has 0 saturated heterocycles. The topological polar surface area (TPSA) is 72.6 Å². The maximum Gasteiger partial charge on any atom is 0.279 e. The number of benzene rings is 3. The lowest BCUT2D eigenvalue weighted by molar-refractivity contribution is -0.384. The predicted octanol–water partition coefficient (Wildman–Crippen LogP) is 5.23. The third-order valence-electron chi connectivity index (χ3n) is 3.98. The van der Waals surface area contributed by atoms with Crippen LogP contribution in [0.5, 0.6) is 0 Å². The number of nitrogens with zero attached hydrogens (tertiary/aromatic N) is 2. The Balaban J connectivity index is 2.11. The molecule has 6 heteroatoms. The van der Waals surface area contributed by atoms with Crippen LogP contribution in [0.1, 0.15) is 27.0 Å². The van der Waals surface area contributed by atoms with Gasteiger partial charge in [-0.2, -0.15) is 0 Å². The van der Waals surface area contributed by atoms with Gasteiger partial charge in [0.25, 0.3) is 11.6 Å². The number of nitro benzene ring substituents is 1. The molecule has 0 N–H and O–H groups in total. The molecule has 0 saturated carbocycles. The summed E-state index contributed by atoms with van der Waals surface area (Å²) in [6.07, 6.45) is 0. The quantitative estimate of drug-likeness (QED) is 0.354. The highest BCUT2D eigenvalue weighted by molar-refractivity contribution is 6.34. The molecule has 3 aromatic rings. The molecule has 27 heavy (non-hydrogen) atoms. The molecule has 0 atom stereocenters. The molecule has 0 bridgehead atoms. The van der Waals surface area contributed by atoms with Crippen LogP contribution >= 0.6 is 11.6 Å². The third-order valence-corrected chi connectivity index (χ3v) is 4.31. The second-order valence-electron chi connectivity index (χ2n) is 5.92. The van der Waals surface area contributed by atoms with Crippen molar-refractivity contribution in [2.75, 3.05) is 0 Å². The Morgan fingerprint density at radius 3 is 2.22 bits per heavy atom. The monoisotopic (exact) mass is 378 g/mol. The highest BCUT2D eigenvalue weighted by Gasteiger charge is 2.17. The van der Waals surface area contributed by atoms with Crippen molar-refractivity contribution in [1.82, 2.24) is 0 Å². The standard InChI is InChI=1S/C21H15ClN2O3/c1-14-7-9-16(10-8-14)20(15-5-3-2-4-6-15)23-21(25)18-13-17(24(26)27)11-12-19(18)22/h2-13H,1H3. The van der Waals surface area contributed by atoms with Crippen LogP contribution < -0.4 is 0 Å². The molecule has 1 amide bonds. The van der Waals surface area contributed by atoms with Gasteiger partial charge in [0.05, 0.1) is 21.2 Å². The Kier molecular flexibility index (Phi) is 5.43. The minimum absolute atomic E-state index is 0.00795. The largest absolute Gasteiger partial charge is 0.279 e. The van der Waals surface area contributed by atoms with Gasteiger partial charge in [0.1, 0.15) is 0 Å². The van der Waals surface area contributed by atoms with Crippen molar-refractivity contribution in [3.63, 3.8) is 0 Å². The highest BCUT2D eigenvalue weighted by Crippen LogP contribution is 2.23. The van der Waals surface area contributed by atoms with Crippen molar-refractivity contribution < 1.29 is 9.72 Å². The summed E-state index contributed by atoms with van der Waals surface area (Å²) < 4.78 is 0. The molecular weight excluding hydrogens is 364 g/mol. The second kappa shape index (κ2) is 7.93. The average Bonchev–Trinajstić information content (AvgIpc) is 2.67. The van der Waals surface area contributed by atoms with Crippen LogP contribution in [0.25, 0.3) is 0 Å². The number of hydrogen-bond acceptors (Lipinski definition) is 3. The number of halogens is 1. The molecule has 0 radical (unpaired) electrons. The molecule has 5 nitrogen and oxygen atoms in total. The van der Waals surface area contributed by atoms with E-state index in [0.29, 0.717) is 5.71 Å². The smallest absolute Gasteiger partial charge is 0.267 e. The van der Waals surface area contributed by atoms with Crippen molar-refractivity contribution >= 4 is 28.9 Å². The van der Waals surface area contributed by atoms with E-state index in [1.165, 1.54) is 12.1 Å². The first-order valence-electron chi connectivity index (χ1n) is 8.15. The van der Waals surface area contributed by atoms with Crippen molar-refractivity contribution in [2.24, 2.45) is 4.99 Å². The van der Waals surface area contributed by atoms with Gasteiger partial charge in [-0.1, -0.05) is 71.8 Å². The van der Waals surface area contributed by atoms with Crippen LogP contribution in [0.4, 0.5) is 5.69 Å². The van der Waals surface area contributed by atoms with Crippen LogP contribution in [0, 0.1) is 17.0 Å². The minimum atomic E-state index is -0.636. The minimum Gasteiger partial charge on any atom is -0.267 e. The van der Waals surface area contributed by atoms with Crippen LogP contribution in [0.3, 0.4) is 0 Å². The fourth-order valence-corrected chi connectivity index (χ4v) is 2.75. The van der Waals surface area contributed by atoms with Gasteiger partial charge in [0.15, 0.2) is 0 Å². The molecule has 134 valence electrons. The molecule has 0 aromatic heterocycles. The lowest BCUT2D eigenvalue weighted by Crippen LogP contribution is -2.08. The van der Waals surface area contributed by atoms with Crippen LogP contribution in [-0.4, -0.2) is 16.5 Å². The van der Waals surface area contributed by atoms with Gasteiger partial charge in [0, 0.05) is 23.3 Å². The molecule has 0 unspecified atom stereocenters. The first-order valence-corrected chi connectivity index (χ1v) is 8.53. The van der Waals surface area contributed by atoms with E-state index < -0.39 is 10.8 Å². The number of aryl methyl sites for hydroxylation is 1. The third kappa shape index (κ3) is 4.27. The first kappa shape index (κ1) is 18.5. The molecule has 0 spiro atoms. The summed E-state index contributed by atoms with van der Waals surface area (Å²) in [5.41, 5.74) is 2.86. The van der Waals surface area contributed by atoms with Crippen LogP contribution in [0.2, 0.25) is 5.02 Å². The van der Waals surface area contributed by atoms with E-state index in [2.05, 4.69) is 4.99 Å². The number of carbonyl (C=O) groups is 1. The normalized spacial score (nSPS) is 11.3. The number of aliphatic imine (C=N–C) groups is 1. The van der Waals surface area contributed by atoms with Gasteiger partial charge in [-0.05, 0) is 13.0 Å². The SMILES string of the molecule is Cc1ccc(C(=NC(=O)c2cc([N+](=O)[O-])ccc2Cl)c2ccccc2)cc1. The van der Waals surface area contributed by atoms with Gasteiger partial charge in [0.2, 0.25) is 0 Å². The van der Waals surface area contributed by atoms with Crippen molar-refractivity contribution in [1.29, 1.82) is 0 Å². The molecular formula is C21H15ClN2O3. The van der Waals surface area contributed by atoms with E-state index >= 15 is 0 Å². The fraction of sp³-hybridized carbons (Fsp3) is 0.0476. The van der Waals surface area contributed by atoms with Gasteiger partial charge in [-0.3, -0.25) is 14.9 Å². The maximum atomic E-state index is 12.8. The summed E-state index contributed by atoms with van der Waals surface area (Å²) in [6.45, 7) is 1.97. The molecule has 0 fully saturated rings. The molecule has 0 aliphatic rings. The zero-order chi connectivity index (χ0) is 19.4. The van der Waals surface area contributed by atoms with Crippen molar-refractivity contribution in [3.05, 3.63) is 110 Å². The number of hydrogen-bond donors (Lipinski definition) is 0. The van der Waals surface area contributed by atoms with E-state index in [4.69, 9.17) is 11.6 Å². The maximum absolute atomic E-state index is 12.8. The van der Waals surface area contributed by atoms with Gasteiger partial charge in [-0.15, -0.1) is 0 Å². The molecule has 0 aliphatic heterocycles. The van der Waals surface area contributed by atoms with Gasteiger partial charge in [-0.25, -0.2) is 4.99 Å². The summed E-state index contributed by atoms with van der Waals surface area (Å²) in [6, 6.07) is 20.6. The first-order chi connectivity index (χ1) is 13.0. The molecule has 0 aliphatic carbocycles. The van der Waals surface area contributed by atoms with E-state index in [9.17, 15) is 14.9 Å². The number of non-ortho nitro benzene ring substituents is 1. The fourth-order valence-electron chi connectivity index (χ4n) is 2.56. The number of carbonyl (C=O) groups excluding carboxylic acids is 1. The zero-order valence-corrected chi connectivity index (χ0v) is 15.2. The zero-order valence-electron chi connectivity index (χ0n) is 14.4. The summed E-state index contributed by atoms with van der Waals surface area (Å²) in [5, 5.41) is 11.1. The summed E-state index contributed by atoms with van der Waals surface area (Å²) in [7, 11) is 0. The van der Waals surface area contributed by atoms with E-state index in [0.717, 1.165) is 22.8 Å². The molecule has 3 aromatic carbocycles. The lowest BCUT2D eigenvalue weighted by atomic mass is 10.0. The summed E-state index contributed by atoms with van der Waals surface area (Å²) in [5.74, 6) is -0.636. The highest BCUT2D eigenvalue weighted by atomic mass is 35.5. The predicted molar refractivity (Wildman–Crippen MR) is 106 cm³/mol. The van der Waals surface area contributed by atoms with Crippen molar-refractivity contribution in [2.45, 2.75) is 6.92 Å². The molecule has 0 heterocycles. The number of amides is 1. The van der Waals surface area contributed by atoms with E-state index in [-0.39, 0.29) is 16.3 Å². The Hall–Kier alpha value is -3.31. The van der Waals surface area contributed by atoms with Crippen LogP contribution in [0.15, 0.2) is 77.8 Å². The summed E-state index contributed by atoms with van der Waals surface area (Å²) >= 11 is 6.08. The van der Waals surface area contributed by atoms with Crippen molar-refractivity contribution in [3.8, 4) is 0 Å².